The van der Waals surface area contributed by atoms with E-state index in [1.165, 1.54) is 35.1 Å². The molecule has 2 aromatic rings. The van der Waals surface area contributed by atoms with Gasteiger partial charge in [0.1, 0.15) is 5.75 Å². The Balaban J connectivity index is 1.88. The highest BCUT2D eigenvalue weighted by Crippen LogP contribution is 2.42. The predicted octanol–water partition coefficient (Wildman–Crippen LogP) is 5.46. The average molecular weight is 321 g/mol. The van der Waals surface area contributed by atoms with Gasteiger partial charge in [-0.25, -0.2) is 0 Å². The molecule has 2 nitrogen and oxygen atoms in total. The van der Waals surface area contributed by atoms with E-state index in [0.717, 1.165) is 18.7 Å². The lowest BCUT2D eigenvalue weighted by Crippen LogP contribution is -2.24. The molecule has 0 aromatic heterocycles. The SMILES string of the molecule is CCCCC1=Cc2ccc(OC)cc2C1N(C)Cc1ccccc1. The first-order valence-electron chi connectivity index (χ1n) is 8.85. The molecule has 0 saturated heterocycles. The summed E-state index contributed by atoms with van der Waals surface area (Å²) >= 11 is 0. The molecule has 0 heterocycles. The molecule has 3 rings (SSSR count). The van der Waals surface area contributed by atoms with Crippen LogP contribution in [-0.4, -0.2) is 19.1 Å². The standard InChI is InChI=1S/C22H27NO/c1-4-5-11-19-14-18-12-13-20(24-3)15-21(18)22(19)23(2)16-17-9-7-6-8-10-17/h6-10,12-15,22H,4-5,11,16H2,1-3H3. The van der Waals surface area contributed by atoms with E-state index >= 15 is 0 Å². The summed E-state index contributed by atoms with van der Waals surface area (Å²) in [5.74, 6) is 0.942. The van der Waals surface area contributed by atoms with Crippen molar-refractivity contribution in [1.82, 2.24) is 4.90 Å². The van der Waals surface area contributed by atoms with Crippen LogP contribution in [0.4, 0.5) is 0 Å². The first-order chi connectivity index (χ1) is 11.7. The van der Waals surface area contributed by atoms with Crippen LogP contribution in [0.25, 0.3) is 6.08 Å². The maximum absolute atomic E-state index is 5.46. The summed E-state index contributed by atoms with van der Waals surface area (Å²) in [7, 11) is 3.97. The molecule has 1 aliphatic rings. The number of methoxy groups -OCH3 is 1. The normalized spacial score (nSPS) is 16.2. The van der Waals surface area contributed by atoms with Gasteiger partial charge >= 0.3 is 0 Å². The van der Waals surface area contributed by atoms with Crippen LogP contribution in [-0.2, 0) is 6.54 Å². The van der Waals surface area contributed by atoms with Gasteiger partial charge in [-0.15, -0.1) is 0 Å². The van der Waals surface area contributed by atoms with E-state index in [1.54, 1.807) is 7.11 Å². The molecular weight excluding hydrogens is 294 g/mol. The number of ether oxygens (including phenoxy) is 1. The highest BCUT2D eigenvalue weighted by Gasteiger charge is 2.28. The fourth-order valence-corrected chi connectivity index (χ4v) is 3.60. The highest BCUT2D eigenvalue weighted by atomic mass is 16.5. The van der Waals surface area contributed by atoms with Crippen LogP contribution >= 0.6 is 0 Å². The molecule has 0 bridgehead atoms. The summed E-state index contributed by atoms with van der Waals surface area (Å²) in [5.41, 5.74) is 5.59. The Morgan fingerprint density at radius 3 is 2.58 bits per heavy atom. The molecule has 1 unspecified atom stereocenters. The average Bonchev–Trinajstić information content (AvgIpc) is 2.98. The Labute approximate surface area is 145 Å². The van der Waals surface area contributed by atoms with E-state index in [2.05, 4.69) is 73.5 Å². The molecule has 1 aliphatic carbocycles. The summed E-state index contributed by atoms with van der Waals surface area (Å²) in [5, 5.41) is 0. The van der Waals surface area contributed by atoms with Crippen LogP contribution in [0.5, 0.6) is 5.75 Å². The van der Waals surface area contributed by atoms with Gasteiger partial charge in [0.2, 0.25) is 0 Å². The van der Waals surface area contributed by atoms with E-state index < -0.39 is 0 Å². The zero-order chi connectivity index (χ0) is 16.9. The largest absolute Gasteiger partial charge is 0.497 e. The zero-order valence-corrected chi connectivity index (χ0v) is 15.0. The van der Waals surface area contributed by atoms with E-state index in [4.69, 9.17) is 4.74 Å². The van der Waals surface area contributed by atoms with Crippen molar-refractivity contribution in [2.45, 2.75) is 38.8 Å². The fraction of sp³-hybridized carbons (Fsp3) is 0.364. The molecule has 0 radical (unpaired) electrons. The Hall–Kier alpha value is -2.06. The Morgan fingerprint density at radius 1 is 1.08 bits per heavy atom. The van der Waals surface area contributed by atoms with Crippen LogP contribution in [0.15, 0.2) is 54.1 Å². The van der Waals surface area contributed by atoms with Crippen molar-refractivity contribution < 1.29 is 4.74 Å². The fourth-order valence-electron chi connectivity index (χ4n) is 3.60. The minimum atomic E-state index is 0.349. The van der Waals surface area contributed by atoms with Crippen molar-refractivity contribution in [3.8, 4) is 5.75 Å². The summed E-state index contributed by atoms with van der Waals surface area (Å²) in [6.45, 7) is 3.21. The van der Waals surface area contributed by atoms with E-state index in [-0.39, 0.29) is 0 Å². The second-order valence-electron chi connectivity index (χ2n) is 6.62. The molecule has 0 saturated carbocycles. The van der Waals surface area contributed by atoms with Gasteiger partial charge < -0.3 is 4.74 Å². The van der Waals surface area contributed by atoms with Gasteiger partial charge in [0.05, 0.1) is 13.2 Å². The van der Waals surface area contributed by atoms with Crippen molar-refractivity contribution in [3.05, 3.63) is 70.8 Å². The molecule has 0 aliphatic heterocycles. The number of unbranched alkanes of at least 4 members (excludes halogenated alkanes) is 1. The zero-order valence-electron chi connectivity index (χ0n) is 15.0. The first kappa shape index (κ1) is 16.8. The molecule has 24 heavy (non-hydrogen) atoms. The molecule has 2 heteroatoms. The number of hydrogen-bond donors (Lipinski definition) is 0. The minimum absolute atomic E-state index is 0.349. The number of rotatable bonds is 7. The minimum Gasteiger partial charge on any atom is -0.497 e. The van der Waals surface area contributed by atoms with Crippen molar-refractivity contribution in [3.63, 3.8) is 0 Å². The summed E-state index contributed by atoms with van der Waals surface area (Å²) < 4.78 is 5.46. The summed E-state index contributed by atoms with van der Waals surface area (Å²) in [4.78, 5) is 2.46. The maximum Gasteiger partial charge on any atom is 0.119 e. The second kappa shape index (κ2) is 7.67. The van der Waals surface area contributed by atoms with Gasteiger partial charge in [0.15, 0.2) is 0 Å². The third kappa shape index (κ3) is 3.54. The topological polar surface area (TPSA) is 12.5 Å². The van der Waals surface area contributed by atoms with Gasteiger partial charge in [-0.2, -0.15) is 0 Å². The highest BCUT2D eigenvalue weighted by molar-refractivity contribution is 5.67. The number of fused-ring (bicyclic) bond motifs is 1. The van der Waals surface area contributed by atoms with Crippen LogP contribution in [0, 0.1) is 0 Å². The lowest BCUT2D eigenvalue weighted by atomic mass is 9.98. The second-order valence-corrected chi connectivity index (χ2v) is 6.62. The molecule has 0 amide bonds. The Bertz CT molecular complexity index is 705. The van der Waals surface area contributed by atoms with E-state index in [0.29, 0.717) is 6.04 Å². The number of benzene rings is 2. The van der Waals surface area contributed by atoms with Crippen molar-refractivity contribution in [2.24, 2.45) is 0 Å². The van der Waals surface area contributed by atoms with Crippen LogP contribution in [0.3, 0.4) is 0 Å². The predicted molar refractivity (Wildman–Crippen MR) is 101 cm³/mol. The molecule has 1 atom stereocenters. The Morgan fingerprint density at radius 2 is 1.88 bits per heavy atom. The Kier molecular flexibility index (Phi) is 5.37. The maximum atomic E-state index is 5.46. The lowest BCUT2D eigenvalue weighted by Gasteiger charge is -2.28. The molecule has 0 fully saturated rings. The van der Waals surface area contributed by atoms with Gasteiger partial charge in [0, 0.05) is 6.54 Å². The van der Waals surface area contributed by atoms with E-state index in [9.17, 15) is 0 Å². The van der Waals surface area contributed by atoms with Crippen LogP contribution < -0.4 is 4.74 Å². The van der Waals surface area contributed by atoms with E-state index in [1.807, 2.05) is 0 Å². The smallest absolute Gasteiger partial charge is 0.119 e. The molecule has 0 N–H and O–H groups in total. The molecule has 2 aromatic carbocycles. The molecule has 0 spiro atoms. The summed E-state index contributed by atoms with van der Waals surface area (Å²) in [6, 6.07) is 17.5. The summed E-state index contributed by atoms with van der Waals surface area (Å²) in [6.07, 6.45) is 6.02. The number of hydrogen-bond acceptors (Lipinski definition) is 2. The van der Waals surface area contributed by atoms with Gasteiger partial charge in [0.25, 0.3) is 0 Å². The van der Waals surface area contributed by atoms with Crippen LogP contribution in [0.1, 0.15) is 48.9 Å². The third-order valence-corrected chi connectivity index (χ3v) is 4.82. The van der Waals surface area contributed by atoms with Gasteiger partial charge in [-0.1, -0.05) is 55.8 Å². The number of nitrogens with zero attached hydrogens (tertiary/aromatic N) is 1. The van der Waals surface area contributed by atoms with Crippen molar-refractivity contribution >= 4 is 6.08 Å². The van der Waals surface area contributed by atoms with Crippen molar-refractivity contribution in [2.75, 3.05) is 14.2 Å². The van der Waals surface area contributed by atoms with Crippen molar-refractivity contribution in [1.29, 1.82) is 0 Å². The van der Waals surface area contributed by atoms with Gasteiger partial charge in [-0.05, 0) is 54.3 Å². The third-order valence-electron chi connectivity index (χ3n) is 4.82. The molecular formula is C22H27NO. The quantitative estimate of drug-likeness (QED) is 0.672. The van der Waals surface area contributed by atoms with Gasteiger partial charge in [-0.3, -0.25) is 4.90 Å². The molecule has 126 valence electrons. The lowest BCUT2D eigenvalue weighted by molar-refractivity contribution is 0.265. The first-order valence-corrected chi connectivity index (χ1v) is 8.85. The monoisotopic (exact) mass is 321 g/mol. The number of likely N-dealkylation sites (N-methyl/N-ethyl adjacent to an activating group) is 1. The van der Waals surface area contributed by atoms with Crippen LogP contribution in [0.2, 0.25) is 0 Å².